The number of ether oxygens (including phenoxy) is 1. The summed E-state index contributed by atoms with van der Waals surface area (Å²) in [5, 5.41) is 2.88. The maximum Gasteiger partial charge on any atom is 0.171 e. The summed E-state index contributed by atoms with van der Waals surface area (Å²) >= 11 is 1.55. The van der Waals surface area contributed by atoms with Crippen molar-refractivity contribution in [3.05, 3.63) is 16.1 Å². The van der Waals surface area contributed by atoms with Crippen LogP contribution in [0.2, 0.25) is 0 Å². The molecule has 0 radical (unpaired) electrons. The third kappa shape index (κ3) is 1.96. The number of Topliss-reactive ketones (excluding diaryl/α,β-unsaturated/α-hetero) is 1. The van der Waals surface area contributed by atoms with Gasteiger partial charge in [-0.2, -0.15) is 0 Å². The van der Waals surface area contributed by atoms with Gasteiger partial charge in [-0.15, -0.1) is 11.3 Å². The highest BCUT2D eigenvalue weighted by atomic mass is 32.1. The lowest BCUT2D eigenvalue weighted by atomic mass is 9.76. The minimum Gasteiger partial charge on any atom is -0.370 e. The van der Waals surface area contributed by atoms with E-state index < -0.39 is 5.60 Å². The number of carbonyl (C=O) groups is 1. The Morgan fingerprint density at radius 2 is 2.40 bits per heavy atom. The first-order valence-corrected chi connectivity index (χ1v) is 6.04. The summed E-state index contributed by atoms with van der Waals surface area (Å²) in [5.74, 6) is 0.186. The van der Waals surface area contributed by atoms with E-state index in [0.29, 0.717) is 6.42 Å². The minimum atomic E-state index is -0.487. The molecule has 0 spiro atoms. The number of thiazole rings is 1. The van der Waals surface area contributed by atoms with E-state index in [1.54, 1.807) is 18.4 Å². The van der Waals surface area contributed by atoms with Crippen LogP contribution in [0.5, 0.6) is 0 Å². The molecule has 82 valence electrons. The number of ketones is 1. The first-order valence-electron chi connectivity index (χ1n) is 5.16. The smallest absolute Gasteiger partial charge is 0.171 e. The number of rotatable bonds is 4. The van der Waals surface area contributed by atoms with Crippen molar-refractivity contribution >= 4 is 17.1 Å². The summed E-state index contributed by atoms with van der Waals surface area (Å²) in [6.45, 7) is 1.94. The number of hydrogen-bond donors (Lipinski definition) is 0. The van der Waals surface area contributed by atoms with Gasteiger partial charge >= 0.3 is 0 Å². The van der Waals surface area contributed by atoms with E-state index in [0.717, 1.165) is 30.0 Å². The maximum atomic E-state index is 12.0. The molecular weight excluding hydrogens is 210 g/mol. The largest absolute Gasteiger partial charge is 0.370 e. The minimum absolute atomic E-state index is 0.186. The molecule has 0 unspecified atom stereocenters. The van der Waals surface area contributed by atoms with Gasteiger partial charge in [0, 0.05) is 18.2 Å². The van der Waals surface area contributed by atoms with E-state index in [1.165, 1.54) is 0 Å². The van der Waals surface area contributed by atoms with Crippen LogP contribution in [0.15, 0.2) is 5.38 Å². The molecule has 0 bridgehead atoms. The van der Waals surface area contributed by atoms with Gasteiger partial charge in [0.05, 0.1) is 6.42 Å². The number of carbonyl (C=O) groups excluding carboxylic acids is 1. The lowest BCUT2D eigenvalue weighted by molar-refractivity contribution is -0.151. The molecule has 0 aromatic carbocycles. The van der Waals surface area contributed by atoms with Crippen molar-refractivity contribution in [2.75, 3.05) is 7.11 Å². The van der Waals surface area contributed by atoms with Crippen molar-refractivity contribution in [3.8, 4) is 0 Å². The van der Waals surface area contributed by atoms with Crippen molar-refractivity contribution in [1.29, 1.82) is 0 Å². The third-order valence-corrected chi connectivity index (χ3v) is 4.01. The molecule has 1 aliphatic rings. The summed E-state index contributed by atoms with van der Waals surface area (Å²) in [5.41, 5.74) is 0.502. The fourth-order valence-electron chi connectivity index (χ4n) is 1.88. The summed E-state index contributed by atoms with van der Waals surface area (Å²) in [7, 11) is 1.63. The number of aryl methyl sites for hydroxylation is 1. The first-order chi connectivity index (χ1) is 7.16. The van der Waals surface area contributed by atoms with Crippen LogP contribution in [0.4, 0.5) is 0 Å². The van der Waals surface area contributed by atoms with Crippen LogP contribution in [-0.4, -0.2) is 23.5 Å². The van der Waals surface area contributed by atoms with Crippen molar-refractivity contribution in [2.45, 2.75) is 38.2 Å². The average molecular weight is 225 g/mol. The van der Waals surface area contributed by atoms with Crippen LogP contribution in [0.25, 0.3) is 0 Å². The van der Waals surface area contributed by atoms with Gasteiger partial charge in [0.2, 0.25) is 0 Å². The highest BCUT2D eigenvalue weighted by Gasteiger charge is 2.43. The second-order valence-corrected chi connectivity index (χ2v) is 4.98. The summed E-state index contributed by atoms with van der Waals surface area (Å²) in [4.78, 5) is 16.3. The number of hydrogen-bond acceptors (Lipinski definition) is 4. The molecule has 1 heterocycles. The Hall–Kier alpha value is -0.740. The summed E-state index contributed by atoms with van der Waals surface area (Å²) in [6, 6.07) is 0. The zero-order valence-corrected chi connectivity index (χ0v) is 9.89. The number of methoxy groups -OCH3 is 1. The highest BCUT2D eigenvalue weighted by molar-refractivity contribution is 7.09. The number of nitrogens with zero attached hydrogens (tertiary/aromatic N) is 1. The summed E-state index contributed by atoms with van der Waals surface area (Å²) in [6.07, 6.45) is 3.25. The molecule has 0 atom stereocenters. The first kappa shape index (κ1) is 10.8. The van der Waals surface area contributed by atoms with E-state index >= 15 is 0 Å². The Kier molecular flexibility index (Phi) is 2.89. The standard InChI is InChI=1S/C11H15NO2S/c1-8-7-15-10(12-8)6-9(13)11(14-2)4-3-5-11/h7H,3-6H2,1-2H3. The fraction of sp³-hybridized carbons (Fsp3) is 0.636. The van der Waals surface area contributed by atoms with Gasteiger partial charge in [-0.05, 0) is 26.2 Å². The lowest BCUT2D eigenvalue weighted by Gasteiger charge is -2.38. The van der Waals surface area contributed by atoms with E-state index in [1.807, 2.05) is 12.3 Å². The lowest BCUT2D eigenvalue weighted by Crippen LogP contribution is -2.47. The Bertz CT molecular complexity index is 363. The predicted molar refractivity (Wildman–Crippen MR) is 59.2 cm³/mol. The van der Waals surface area contributed by atoms with Crippen molar-refractivity contribution in [1.82, 2.24) is 4.98 Å². The maximum absolute atomic E-state index is 12.0. The van der Waals surface area contributed by atoms with Crippen molar-refractivity contribution < 1.29 is 9.53 Å². The normalized spacial score (nSPS) is 18.5. The molecule has 0 aliphatic heterocycles. The van der Waals surface area contributed by atoms with Crippen LogP contribution in [0.3, 0.4) is 0 Å². The van der Waals surface area contributed by atoms with Crippen LogP contribution in [0, 0.1) is 6.92 Å². The molecule has 1 saturated carbocycles. The molecule has 1 fully saturated rings. The van der Waals surface area contributed by atoms with Crippen LogP contribution >= 0.6 is 11.3 Å². The van der Waals surface area contributed by atoms with Gasteiger partial charge in [-0.25, -0.2) is 4.98 Å². The molecule has 0 N–H and O–H groups in total. The van der Waals surface area contributed by atoms with Gasteiger partial charge in [0.25, 0.3) is 0 Å². The second-order valence-electron chi connectivity index (χ2n) is 4.03. The fourth-order valence-corrected chi connectivity index (χ4v) is 2.65. The van der Waals surface area contributed by atoms with E-state index in [9.17, 15) is 4.79 Å². The highest BCUT2D eigenvalue weighted by Crippen LogP contribution is 2.36. The third-order valence-electron chi connectivity index (χ3n) is 3.04. The molecule has 1 aliphatic carbocycles. The molecule has 1 aromatic rings. The van der Waals surface area contributed by atoms with E-state index in [4.69, 9.17) is 4.74 Å². The quantitative estimate of drug-likeness (QED) is 0.788. The van der Waals surface area contributed by atoms with Gasteiger partial charge in [-0.3, -0.25) is 4.79 Å². The van der Waals surface area contributed by atoms with Crippen LogP contribution in [0.1, 0.15) is 30.0 Å². The predicted octanol–water partition coefficient (Wildman–Crippen LogP) is 2.13. The van der Waals surface area contributed by atoms with Gasteiger partial charge in [0.15, 0.2) is 5.78 Å². The molecule has 0 amide bonds. The average Bonchev–Trinajstić information content (AvgIpc) is 2.50. The molecule has 0 saturated heterocycles. The summed E-state index contributed by atoms with van der Waals surface area (Å²) < 4.78 is 5.34. The topological polar surface area (TPSA) is 39.2 Å². The zero-order valence-electron chi connectivity index (χ0n) is 9.08. The molecule has 2 rings (SSSR count). The van der Waals surface area contributed by atoms with E-state index in [2.05, 4.69) is 4.98 Å². The van der Waals surface area contributed by atoms with Crippen LogP contribution in [-0.2, 0) is 16.0 Å². The molecule has 15 heavy (non-hydrogen) atoms. The van der Waals surface area contributed by atoms with Gasteiger partial charge < -0.3 is 4.74 Å². The Morgan fingerprint density at radius 3 is 2.80 bits per heavy atom. The number of aromatic nitrogens is 1. The zero-order chi connectivity index (χ0) is 10.9. The van der Waals surface area contributed by atoms with Gasteiger partial charge in [0.1, 0.15) is 10.6 Å². The van der Waals surface area contributed by atoms with Crippen molar-refractivity contribution in [3.63, 3.8) is 0 Å². The molecule has 1 aromatic heterocycles. The monoisotopic (exact) mass is 225 g/mol. The Labute approximate surface area is 93.5 Å². The molecule has 4 heteroatoms. The Morgan fingerprint density at radius 1 is 1.67 bits per heavy atom. The SMILES string of the molecule is COC1(C(=O)Cc2nc(C)cs2)CCC1. The second kappa shape index (κ2) is 4.02. The Balaban J connectivity index is 2.03. The van der Waals surface area contributed by atoms with Gasteiger partial charge in [-0.1, -0.05) is 0 Å². The molecular formula is C11H15NO2S. The van der Waals surface area contributed by atoms with Crippen molar-refractivity contribution in [2.24, 2.45) is 0 Å². The van der Waals surface area contributed by atoms with E-state index in [-0.39, 0.29) is 5.78 Å². The van der Waals surface area contributed by atoms with Crippen LogP contribution < -0.4 is 0 Å². The molecule has 3 nitrogen and oxygen atoms in total.